The van der Waals surface area contributed by atoms with Crippen LogP contribution in [0, 0.1) is 0 Å². The van der Waals surface area contributed by atoms with Gasteiger partial charge in [-0.15, -0.1) is 0 Å². The quantitative estimate of drug-likeness (QED) is 0.814. The average molecular weight is 356 g/mol. The Morgan fingerprint density at radius 3 is 2.62 bits per heavy atom. The summed E-state index contributed by atoms with van der Waals surface area (Å²) >= 11 is 3.34. The topological polar surface area (TPSA) is 55.8 Å². The summed E-state index contributed by atoms with van der Waals surface area (Å²) in [6.07, 6.45) is -0.651. The van der Waals surface area contributed by atoms with Crippen LogP contribution in [-0.2, 0) is 9.47 Å². The molecule has 1 aliphatic rings. The number of methoxy groups -OCH3 is 1. The Morgan fingerprint density at radius 1 is 1.38 bits per heavy atom. The van der Waals surface area contributed by atoms with Crippen molar-refractivity contribution in [2.45, 2.75) is 32.4 Å². The van der Waals surface area contributed by atoms with E-state index in [1.165, 1.54) is 7.11 Å². The van der Waals surface area contributed by atoms with Gasteiger partial charge in [0.1, 0.15) is 5.60 Å². The van der Waals surface area contributed by atoms with Crippen molar-refractivity contribution in [3.63, 3.8) is 0 Å². The van der Waals surface area contributed by atoms with E-state index in [9.17, 15) is 9.59 Å². The van der Waals surface area contributed by atoms with Crippen LogP contribution in [0.5, 0.6) is 0 Å². The summed E-state index contributed by atoms with van der Waals surface area (Å²) in [5, 5.41) is 0. The third kappa shape index (κ3) is 3.27. The molecule has 5 nitrogen and oxygen atoms in total. The molecule has 1 aliphatic heterocycles. The van der Waals surface area contributed by atoms with E-state index in [0.29, 0.717) is 5.56 Å². The highest BCUT2D eigenvalue weighted by atomic mass is 79.9. The van der Waals surface area contributed by atoms with Gasteiger partial charge in [-0.2, -0.15) is 0 Å². The van der Waals surface area contributed by atoms with Gasteiger partial charge in [0.2, 0.25) is 0 Å². The van der Waals surface area contributed by atoms with E-state index in [0.717, 1.165) is 14.9 Å². The van der Waals surface area contributed by atoms with Crippen molar-refractivity contribution in [3.8, 4) is 0 Å². The molecule has 0 aliphatic carbocycles. The first kappa shape index (κ1) is 16.0. The molecule has 1 atom stereocenters. The van der Waals surface area contributed by atoms with Crippen molar-refractivity contribution in [2.75, 3.05) is 13.7 Å². The molecule has 21 heavy (non-hydrogen) atoms. The van der Waals surface area contributed by atoms with Crippen molar-refractivity contribution in [2.24, 2.45) is 0 Å². The summed E-state index contributed by atoms with van der Waals surface area (Å²) < 4.78 is 11.3. The zero-order valence-corrected chi connectivity index (χ0v) is 14.1. The zero-order chi connectivity index (χ0) is 15.8. The van der Waals surface area contributed by atoms with Crippen LogP contribution < -0.4 is 0 Å². The second-order valence-electron chi connectivity index (χ2n) is 5.86. The number of ether oxygens (including phenoxy) is 2. The second kappa shape index (κ2) is 5.77. The molecule has 0 aromatic heterocycles. The normalized spacial score (nSPS) is 17.9. The van der Waals surface area contributed by atoms with Crippen LogP contribution in [0.2, 0.25) is 0 Å². The zero-order valence-electron chi connectivity index (χ0n) is 12.5. The highest BCUT2D eigenvalue weighted by molar-refractivity contribution is 9.10. The molecule has 0 N–H and O–H groups in total. The van der Waals surface area contributed by atoms with Crippen LogP contribution in [0.15, 0.2) is 22.7 Å². The number of carbonyl (C=O) groups is 2. The molecule has 0 spiro atoms. The highest BCUT2D eigenvalue weighted by Crippen LogP contribution is 2.36. The largest absolute Gasteiger partial charge is 0.443 e. The van der Waals surface area contributed by atoms with Gasteiger partial charge in [-0.05, 0) is 38.5 Å². The first-order chi connectivity index (χ1) is 9.74. The number of benzene rings is 1. The smallest absolute Gasteiger partial charge is 0.417 e. The maximum absolute atomic E-state index is 12.5. The maximum atomic E-state index is 12.5. The van der Waals surface area contributed by atoms with E-state index in [1.54, 1.807) is 26.8 Å². The Labute approximate surface area is 132 Å². The molecule has 0 fully saturated rings. The first-order valence-corrected chi connectivity index (χ1v) is 7.39. The summed E-state index contributed by atoms with van der Waals surface area (Å²) in [6, 6.07) is 4.92. The Hall–Kier alpha value is -1.40. The van der Waals surface area contributed by atoms with Crippen molar-refractivity contribution in [1.29, 1.82) is 0 Å². The van der Waals surface area contributed by atoms with E-state index >= 15 is 0 Å². The fourth-order valence-electron chi connectivity index (χ4n) is 2.26. The molecule has 114 valence electrons. The van der Waals surface area contributed by atoms with Gasteiger partial charge in [-0.1, -0.05) is 22.0 Å². The summed E-state index contributed by atoms with van der Waals surface area (Å²) in [4.78, 5) is 26.0. The minimum absolute atomic E-state index is 0.236. The molecule has 1 aromatic carbocycles. The van der Waals surface area contributed by atoms with Crippen LogP contribution in [0.4, 0.5) is 4.79 Å². The Kier molecular flexibility index (Phi) is 4.39. The molecule has 1 aromatic rings. The number of hydrogen-bond acceptors (Lipinski definition) is 4. The van der Waals surface area contributed by atoms with Gasteiger partial charge in [0.05, 0.1) is 12.6 Å². The van der Waals surface area contributed by atoms with Crippen LogP contribution in [-0.4, -0.2) is 36.2 Å². The molecule has 1 heterocycles. The molecule has 0 radical (unpaired) electrons. The van der Waals surface area contributed by atoms with Gasteiger partial charge in [-0.25, -0.2) is 9.69 Å². The number of rotatable bonds is 2. The van der Waals surface area contributed by atoms with Gasteiger partial charge in [0.25, 0.3) is 5.91 Å². The molecule has 0 saturated carbocycles. The molecule has 0 saturated heterocycles. The Balaban J connectivity index is 2.38. The van der Waals surface area contributed by atoms with E-state index in [1.807, 2.05) is 12.1 Å². The lowest BCUT2D eigenvalue weighted by atomic mass is 10.1. The number of hydrogen-bond donors (Lipinski definition) is 0. The average Bonchev–Trinajstić information content (AvgIpc) is 2.61. The molecular formula is C15H18BrNO4. The van der Waals surface area contributed by atoms with Crippen molar-refractivity contribution in [1.82, 2.24) is 4.90 Å². The van der Waals surface area contributed by atoms with Gasteiger partial charge >= 0.3 is 6.09 Å². The fourth-order valence-corrected chi connectivity index (χ4v) is 2.62. The summed E-state index contributed by atoms with van der Waals surface area (Å²) in [7, 11) is 1.54. The molecule has 1 unspecified atom stereocenters. The third-order valence-electron chi connectivity index (χ3n) is 3.05. The standard InChI is InChI=1S/C15H18BrNO4/c1-15(2,3)21-14(19)17-12(8-20-4)10-6-5-9(16)7-11(10)13(17)18/h5-7,12H,8H2,1-4H3. The van der Waals surface area contributed by atoms with Gasteiger partial charge in [0, 0.05) is 17.1 Å². The van der Waals surface area contributed by atoms with Gasteiger partial charge in [-0.3, -0.25) is 4.79 Å². The summed E-state index contributed by atoms with van der Waals surface area (Å²) in [5.41, 5.74) is 0.609. The van der Waals surface area contributed by atoms with Crippen LogP contribution in [0.25, 0.3) is 0 Å². The van der Waals surface area contributed by atoms with E-state index < -0.39 is 17.7 Å². The molecule has 6 heteroatoms. The third-order valence-corrected chi connectivity index (χ3v) is 3.54. The number of halogens is 1. The van der Waals surface area contributed by atoms with E-state index in [2.05, 4.69) is 15.9 Å². The van der Waals surface area contributed by atoms with Crippen molar-refractivity contribution < 1.29 is 19.1 Å². The highest BCUT2D eigenvalue weighted by Gasteiger charge is 2.42. The number of carbonyl (C=O) groups excluding carboxylic acids is 2. The number of amides is 2. The Bertz CT molecular complexity index is 580. The fraction of sp³-hybridized carbons (Fsp3) is 0.467. The molecular weight excluding hydrogens is 338 g/mol. The van der Waals surface area contributed by atoms with Gasteiger partial charge in [0.15, 0.2) is 0 Å². The van der Waals surface area contributed by atoms with Crippen LogP contribution in [0.1, 0.15) is 42.7 Å². The monoisotopic (exact) mass is 355 g/mol. The number of imide groups is 1. The minimum Gasteiger partial charge on any atom is -0.443 e. The minimum atomic E-state index is -0.662. The predicted octanol–water partition coefficient (Wildman–Crippen LogP) is 3.53. The van der Waals surface area contributed by atoms with E-state index in [4.69, 9.17) is 9.47 Å². The molecule has 2 amide bonds. The molecule has 2 rings (SSSR count). The first-order valence-electron chi connectivity index (χ1n) is 6.59. The maximum Gasteiger partial charge on any atom is 0.417 e. The number of nitrogens with zero attached hydrogens (tertiary/aromatic N) is 1. The second-order valence-corrected chi connectivity index (χ2v) is 6.77. The molecule has 0 bridgehead atoms. The summed E-state index contributed by atoms with van der Waals surface area (Å²) in [5.74, 6) is -0.359. The lowest BCUT2D eigenvalue weighted by molar-refractivity contribution is 0.0112. The van der Waals surface area contributed by atoms with Crippen molar-refractivity contribution >= 4 is 27.9 Å². The van der Waals surface area contributed by atoms with E-state index in [-0.39, 0.29) is 12.5 Å². The lowest BCUT2D eigenvalue weighted by Gasteiger charge is -2.27. The summed E-state index contributed by atoms with van der Waals surface area (Å²) in [6.45, 7) is 5.53. The van der Waals surface area contributed by atoms with Crippen molar-refractivity contribution in [3.05, 3.63) is 33.8 Å². The van der Waals surface area contributed by atoms with Crippen LogP contribution in [0.3, 0.4) is 0 Å². The van der Waals surface area contributed by atoms with Gasteiger partial charge < -0.3 is 9.47 Å². The van der Waals surface area contributed by atoms with Crippen LogP contribution >= 0.6 is 15.9 Å². The predicted molar refractivity (Wildman–Crippen MR) is 81.2 cm³/mol. The Morgan fingerprint density at radius 2 is 2.05 bits per heavy atom. The SMILES string of the molecule is COCC1c2ccc(Br)cc2C(=O)N1C(=O)OC(C)(C)C. The lowest BCUT2D eigenvalue weighted by Crippen LogP contribution is -2.40. The number of fused-ring (bicyclic) bond motifs is 1.